The van der Waals surface area contributed by atoms with Gasteiger partial charge in [-0.3, -0.25) is 9.69 Å². The maximum atomic E-state index is 12.1. The molecule has 0 bridgehead atoms. The lowest BCUT2D eigenvalue weighted by molar-refractivity contribution is -0.127. The lowest BCUT2D eigenvalue weighted by Crippen LogP contribution is -2.52. The molecule has 0 saturated heterocycles. The molecule has 2 fully saturated rings. The molecule has 0 heterocycles. The van der Waals surface area contributed by atoms with Crippen molar-refractivity contribution in [1.82, 2.24) is 10.2 Å². The Hall–Kier alpha value is -0.610. The van der Waals surface area contributed by atoms with Crippen LogP contribution in [0, 0.1) is 0 Å². The molecule has 0 radical (unpaired) electrons. The van der Waals surface area contributed by atoms with E-state index in [1.165, 1.54) is 19.3 Å². The molecule has 2 aliphatic rings. The second-order valence-corrected chi connectivity index (χ2v) is 5.42. The third-order valence-corrected chi connectivity index (χ3v) is 3.96. The zero-order valence-electron chi connectivity index (χ0n) is 10.8. The summed E-state index contributed by atoms with van der Waals surface area (Å²) in [5, 5.41) is 3.10. The first-order valence-corrected chi connectivity index (χ1v) is 6.98. The molecule has 1 atom stereocenters. The first kappa shape index (κ1) is 12.8. The van der Waals surface area contributed by atoms with Crippen molar-refractivity contribution in [3.8, 4) is 0 Å². The number of nitrogens with two attached hydrogens (primary N) is 1. The molecule has 0 aromatic heterocycles. The zero-order chi connectivity index (χ0) is 12.3. The van der Waals surface area contributed by atoms with Gasteiger partial charge >= 0.3 is 0 Å². The van der Waals surface area contributed by atoms with Gasteiger partial charge in [-0.05, 0) is 45.6 Å². The van der Waals surface area contributed by atoms with Crippen molar-refractivity contribution in [3.63, 3.8) is 0 Å². The summed E-state index contributed by atoms with van der Waals surface area (Å²) in [6.07, 6.45) is 7.09. The van der Waals surface area contributed by atoms with Gasteiger partial charge in [0, 0.05) is 18.6 Å². The van der Waals surface area contributed by atoms with Gasteiger partial charge < -0.3 is 11.1 Å². The van der Waals surface area contributed by atoms with Gasteiger partial charge in [0.15, 0.2) is 0 Å². The van der Waals surface area contributed by atoms with Gasteiger partial charge in [0.05, 0.1) is 6.04 Å². The van der Waals surface area contributed by atoms with Crippen LogP contribution in [0.25, 0.3) is 0 Å². The van der Waals surface area contributed by atoms with E-state index in [2.05, 4.69) is 10.2 Å². The van der Waals surface area contributed by atoms with Crippen LogP contribution in [0.15, 0.2) is 0 Å². The van der Waals surface area contributed by atoms with Gasteiger partial charge in [0.25, 0.3) is 0 Å². The summed E-state index contributed by atoms with van der Waals surface area (Å²) in [4.78, 5) is 14.4. The van der Waals surface area contributed by atoms with E-state index in [-0.39, 0.29) is 11.9 Å². The second-order valence-electron chi connectivity index (χ2n) is 5.42. The Morgan fingerprint density at radius 1 is 1.41 bits per heavy atom. The summed E-state index contributed by atoms with van der Waals surface area (Å²) in [5.41, 5.74) is 5.58. The highest BCUT2D eigenvalue weighted by atomic mass is 16.2. The van der Waals surface area contributed by atoms with Gasteiger partial charge in [-0.15, -0.1) is 0 Å². The van der Waals surface area contributed by atoms with Gasteiger partial charge in [0.1, 0.15) is 0 Å². The van der Waals surface area contributed by atoms with E-state index in [0.29, 0.717) is 18.6 Å². The molecule has 17 heavy (non-hydrogen) atoms. The highest BCUT2D eigenvalue weighted by Crippen LogP contribution is 2.27. The summed E-state index contributed by atoms with van der Waals surface area (Å²) in [5.74, 6) is 0.205. The Morgan fingerprint density at radius 3 is 2.59 bits per heavy atom. The predicted molar refractivity (Wildman–Crippen MR) is 68.6 cm³/mol. The maximum absolute atomic E-state index is 12.1. The third kappa shape index (κ3) is 3.42. The fourth-order valence-electron chi connectivity index (χ4n) is 2.38. The monoisotopic (exact) mass is 239 g/mol. The van der Waals surface area contributed by atoms with E-state index >= 15 is 0 Å². The minimum atomic E-state index is 0.00690. The average molecular weight is 239 g/mol. The molecule has 4 heteroatoms. The van der Waals surface area contributed by atoms with Crippen LogP contribution in [0.5, 0.6) is 0 Å². The van der Waals surface area contributed by atoms with Crippen LogP contribution in [0.3, 0.4) is 0 Å². The smallest absolute Gasteiger partial charge is 0.237 e. The van der Waals surface area contributed by atoms with E-state index in [1.807, 2.05) is 6.92 Å². The largest absolute Gasteiger partial charge is 0.352 e. The third-order valence-electron chi connectivity index (χ3n) is 3.96. The number of hydrogen-bond acceptors (Lipinski definition) is 3. The summed E-state index contributed by atoms with van der Waals surface area (Å²) < 4.78 is 0. The summed E-state index contributed by atoms with van der Waals surface area (Å²) >= 11 is 0. The highest BCUT2D eigenvalue weighted by molar-refractivity contribution is 5.81. The Bertz CT molecular complexity index is 261. The number of rotatable bonds is 7. The van der Waals surface area contributed by atoms with Crippen molar-refractivity contribution < 1.29 is 4.79 Å². The fourth-order valence-corrected chi connectivity index (χ4v) is 2.38. The van der Waals surface area contributed by atoms with Crippen LogP contribution in [0.1, 0.15) is 45.4 Å². The van der Waals surface area contributed by atoms with Crippen molar-refractivity contribution in [2.75, 3.05) is 13.1 Å². The lowest BCUT2D eigenvalue weighted by Gasteiger charge is -2.40. The molecule has 2 aliphatic carbocycles. The topological polar surface area (TPSA) is 58.4 Å². The molecule has 1 unspecified atom stereocenters. The number of nitrogens with one attached hydrogen (secondary N) is 1. The first-order valence-electron chi connectivity index (χ1n) is 6.98. The molecule has 98 valence electrons. The zero-order valence-corrected chi connectivity index (χ0v) is 10.8. The predicted octanol–water partition coefficient (Wildman–Crippen LogP) is 0.857. The van der Waals surface area contributed by atoms with Crippen LogP contribution in [-0.4, -0.2) is 42.0 Å². The van der Waals surface area contributed by atoms with Crippen LogP contribution < -0.4 is 11.1 Å². The van der Waals surface area contributed by atoms with Gasteiger partial charge in [-0.25, -0.2) is 0 Å². The van der Waals surface area contributed by atoms with Gasteiger partial charge in [-0.2, -0.15) is 0 Å². The van der Waals surface area contributed by atoms with Gasteiger partial charge in [0.2, 0.25) is 5.91 Å². The molecule has 1 amide bonds. The summed E-state index contributed by atoms with van der Waals surface area (Å²) in [6.45, 7) is 3.70. The molecule has 2 saturated carbocycles. The molecular formula is C13H25N3O. The molecular weight excluding hydrogens is 214 g/mol. The highest BCUT2D eigenvalue weighted by Gasteiger charge is 2.33. The maximum Gasteiger partial charge on any atom is 0.237 e. The molecule has 4 nitrogen and oxygen atoms in total. The Balaban J connectivity index is 1.85. The SMILES string of the molecule is CC(C(=O)NC1CC1)N(CCCN)C1CCC1. The number of nitrogens with zero attached hydrogens (tertiary/aromatic N) is 1. The summed E-state index contributed by atoms with van der Waals surface area (Å²) in [6, 6.07) is 1.08. The molecule has 3 N–H and O–H groups in total. The Morgan fingerprint density at radius 2 is 2.12 bits per heavy atom. The van der Waals surface area contributed by atoms with Gasteiger partial charge in [-0.1, -0.05) is 6.42 Å². The number of carbonyl (C=O) groups excluding carboxylic acids is 1. The average Bonchev–Trinajstić information content (AvgIpc) is 3.04. The molecule has 0 aliphatic heterocycles. The van der Waals surface area contributed by atoms with Crippen molar-refractivity contribution in [1.29, 1.82) is 0 Å². The molecule has 0 aromatic rings. The quantitative estimate of drug-likeness (QED) is 0.692. The van der Waals surface area contributed by atoms with Crippen LogP contribution in [0.2, 0.25) is 0 Å². The fraction of sp³-hybridized carbons (Fsp3) is 0.923. The molecule has 0 spiro atoms. The number of hydrogen-bond donors (Lipinski definition) is 2. The Labute approximate surface area is 104 Å². The summed E-state index contributed by atoms with van der Waals surface area (Å²) in [7, 11) is 0. The van der Waals surface area contributed by atoms with Crippen LogP contribution in [-0.2, 0) is 4.79 Å². The standard InChI is InChI=1S/C13H25N3O/c1-10(13(17)15-11-6-7-11)16(9-3-8-14)12-4-2-5-12/h10-12H,2-9,14H2,1H3,(H,15,17). The van der Waals surface area contributed by atoms with E-state index < -0.39 is 0 Å². The Kier molecular flexibility index (Phi) is 4.40. The second kappa shape index (κ2) is 5.83. The molecule has 2 rings (SSSR count). The van der Waals surface area contributed by atoms with Crippen LogP contribution >= 0.6 is 0 Å². The van der Waals surface area contributed by atoms with Crippen molar-refractivity contribution in [2.24, 2.45) is 5.73 Å². The van der Waals surface area contributed by atoms with Crippen molar-refractivity contribution in [3.05, 3.63) is 0 Å². The first-order chi connectivity index (χ1) is 8.22. The normalized spacial score (nSPS) is 22.3. The minimum absolute atomic E-state index is 0.00690. The lowest BCUT2D eigenvalue weighted by atomic mass is 9.90. The van der Waals surface area contributed by atoms with E-state index in [1.54, 1.807) is 0 Å². The van der Waals surface area contributed by atoms with Crippen molar-refractivity contribution >= 4 is 5.91 Å². The van der Waals surface area contributed by atoms with Crippen molar-refractivity contribution in [2.45, 2.75) is 63.6 Å². The van der Waals surface area contributed by atoms with E-state index in [0.717, 1.165) is 25.8 Å². The number of carbonyl (C=O) groups is 1. The van der Waals surface area contributed by atoms with E-state index in [9.17, 15) is 4.79 Å². The van der Waals surface area contributed by atoms with E-state index in [4.69, 9.17) is 5.73 Å². The van der Waals surface area contributed by atoms with Crippen LogP contribution in [0.4, 0.5) is 0 Å². The minimum Gasteiger partial charge on any atom is -0.352 e. The molecule has 0 aromatic carbocycles. The number of amides is 1.